The molecule has 1 N–H and O–H groups in total. The second-order valence-corrected chi connectivity index (χ2v) is 5.12. The zero-order chi connectivity index (χ0) is 13.8. The summed E-state index contributed by atoms with van der Waals surface area (Å²) in [6, 6.07) is 10.1. The Morgan fingerprint density at radius 3 is 2.63 bits per heavy atom. The monoisotopic (exact) mass is 261 g/mol. The Morgan fingerprint density at radius 2 is 2.00 bits per heavy atom. The molecule has 0 spiro atoms. The van der Waals surface area contributed by atoms with Gasteiger partial charge < -0.3 is 10.0 Å². The Morgan fingerprint density at radius 1 is 1.32 bits per heavy atom. The van der Waals surface area contributed by atoms with E-state index in [0.717, 1.165) is 6.42 Å². The molecule has 4 heteroatoms. The lowest BCUT2D eigenvalue weighted by Crippen LogP contribution is -2.29. The predicted octanol–water partition coefficient (Wildman–Crippen LogP) is 2.11. The highest BCUT2D eigenvalue weighted by Gasteiger charge is 2.44. The first kappa shape index (κ1) is 13.6. The molecule has 1 aliphatic rings. The largest absolute Gasteiger partial charge is 0.481 e. The van der Waals surface area contributed by atoms with Crippen molar-refractivity contribution in [2.24, 2.45) is 5.92 Å². The molecule has 2 atom stereocenters. The maximum Gasteiger partial charge on any atom is 0.303 e. The van der Waals surface area contributed by atoms with E-state index >= 15 is 0 Å². The van der Waals surface area contributed by atoms with Crippen molar-refractivity contribution >= 4 is 11.9 Å². The molecule has 4 nitrogen and oxygen atoms in total. The van der Waals surface area contributed by atoms with Crippen LogP contribution in [-0.2, 0) is 9.59 Å². The summed E-state index contributed by atoms with van der Waals surface area (Å²) >= 11 is 0. The van der Waals surface area contributed by atoms with Crippen LogP contribution < -0.4 is 0 Å². The van der Waals surface area contributed by atoms with Gasteiger partial charge in [0.2, 0.25) is 5.91 Å². The number of aliphatic carboxylic acids is 1. The molecule has 1 aromatic carbocycles. The Hall–Kier alpha value is -1.84. The molecule has 19 heavy (non-hydrogen) atoms. The van der Waals surface area contributed by atoms with Crippen molar-refractivity contribution in [1.82, 2.24) is 4.90 Å². The topological polar surface area (TPSA) is 57.6 Å². The fourth-order valence-electron chi connectivity index (χ4n) is 2.40. The summed E-state index contributed by atoms with van der Waals surface area (Å²) in [5.74, 6) is -0.249. The molecule has 1 amide bonds. The molecule has 1 fully saturated rings. The van der Waals surface area contributed by atoms with Crippen LogP contribution in [0.25, 0.3) is 0 Å². The Bertz CT molecular complexity index is 458. The lowest BCUT2D eigenvalue weighted by Gasteiger charge is -2.16. The van der Waals surface area contributed by atoms with E-state index in [1.165, 1.54) is 5.56 Å². The van der Waals surface area contributed by atoms with Crippen molar-refractivity contribution in [3.8, 4) is 0 Å². The average molecular weight is 261 g/mol. The molecule has 102 valence electrons. The highest BCUT2D eigenvalue weighted by atomic mass is 16.4. The van der Waals surface area contributed by atoms with Gasteiger partial charge in [0.1, 0.15) is 0 Å². The molecular formula is C15H19NO3. The number of hydrogen-bond donors (Lipinski definition) is 1. The highest BCUT2D eigenvalue weighted by Crippen LogP contribution is 2.48. The Balaban J connectivity index is 1.80. The number of carboxylic acid groups (broad SMARTS) is 1. The Labute approximate surface area is 113 Å². The van der Waals surface area contributed by atoms with Gasteiger partial charge >= 0.3 is 5.97 Å². The number of carbonyl (C=O) groups excluding carboxylic acids is 1. The van der Waals surface area contributed by atoms with Gasteiger partial charge in [0, 0.05) is 25.9 Å². The van der Waals surface area contributed by atoms with Crippen molar-refractivity contribution in [1.29, 1.82) is 0 Å². The zero-order valence-electron chi connectivity index (χ0n) is 11.1. The van der Waals surface area contributed by atoms with E-state index < -0.39 is 5.97 Å². The van der Waals surface area contributed by atoms with Crippen molar-refractivity contribution in [3.63, 3.8) is 0 Å². The van der Waals surface area contributed by atoms with Crippen molar-refractivity contribution in [2.75, 3.05) is 13.6 Å². The molecule has 0 saturated heterocycles. The highest BCUT2D eigenvalue weighted by molar-refractivity contribution is 5.82. The molecule has 2 unspecified atom stereocenters. The minimum absolute atomic E-state index is 0.0808. The number of hydrogen-bond acceptors (Lipinski definition) is 2. The van der Waals surface area contributed by atoms with Crippen LogP contribution >= 0.6 is 0 Å². The van der Waals surface area contributed by atoms with Crippen LogP contribution in [0.1, 0.15) is 30.7 Å². The molecule has 0 heterocycles. The molecule has 1 aliphatic carbocycles. The summed E-state index contributed by atoms with van der Waals surface area (Å²) in [7, 11) is 1.75. The van der Waals surface area contributed by atoms with Gasteiger partial charge in [-0.25, -0.2) is 0 Å². The molecule has 2 rings (SSSR count). The molecule has 1 saturated carbocycles. The van der Waals surface area contributed by atoms with Gasteiger partial charge in [0.15, 0.2) is 0 Å². The van der Waals surface area contributed by atoms with Crippen molar-refractivity contribution in [3.05, 3.63) is 35.9 Å². The molecule has 0 aromatic heterocycles. The number of nitrogens with zero attached hydrogens (tertiary/aromatic N) is 1. The van der Waals surface area contributed by atoms with Crippen molar-refractivity contribution < 1.29 is 14.7 Å². The maximum absolute atomic E-state index is 12.1. The number of amides is 1. The second kappa shape index (κ2) is 5.87. The summed E-state index contributed by atoms with van der Waals surface area (Å²) in [5, 5.41) is 8.57. The quantitative estimate of drug-likeness (QED) is 0.853. The molecular weight excluding hydrogens is 242 g/mol. The fraction of sp³-hybridized carbons (Fsp3) is 0.467. The average Bonchev–Trinajstić information content (AvgIpc) is 3.18. The number of benzene rings is 1. The summed E-state index contributed by atoms with van der Waals surface area (Å²) in [6.07, 6.45) is 1.54. The summed E-state index contributed by atoms with van der Waals surface area (Å²) in [6.45, 7) is 0.517. The summed E-state index contributed by atoms with van der Waals surface area (Å²) in [4.78, 5) is 24.2. The van der Waals surface area contributed by atoms with Gasteiger partial charge in [0.25, 0.3) is 0 Å². The molecule has 0 radical (unpaired) electrons. The number of carbonyl (C=O) groups is 2. The smallest absolute Gasteiger partial charge is 0.303 e. The summed E-state index contributed by atoms with van der Waals surface area (Å²) in [5.41, 5.74) is 1.22. The Kier molecular flexibility index (Phi) is 4.20. The molecule has 0 bridgehead atoms. The third-order valence-corrected chi connectivity index (χ3v) is 3.60. The van der Waals surface area contributed by atoms with E-state index in [0.29, 0.717) is 18.9 Å². The fourth-order valence-corrected chi connectivity index (χ4v) is 2.40. The lowest BCUT2D eigenvalue weighted by atomic mass is 10.1. The van der Waals surface area contributed by atoms with Crippen LogP contribution in [0.5, 0.6) is 0 Å². The number of carboxylic acids is 1. The predicted molar refractivity (Wildman–Crippen MR) is 71.8 cm³/mol. The van der Waals surface area contributed by atoms with Crippen LogP contribution in [0.2, 0.25) is 0 Å². The van der Waals surface area contributed by atoms with Gasteiger partial charge in [-0.2, -0.15) is 0 Å². The minimum atomic E-state index is -0.811. The first-order chi connectivity index (χ1) is 9.09. The molecule has 1 aromatic rings. The van der Waals surface area contributed by atoms with Crippen LogP contribution in [0.4, 0.5) is 0 Å². The van der Waals surface area contributed by atoms with Gasteiger partial charge in [-0.1, -0.05) is 30.3 Å². The van der Waals surface area contributed by atoms with Gasteiger partial charge in [-0.05, 0) is 24.3 Å². The first-order valence-corrected chi connectivity index (χ1v) is 6.61. The van der Waals surface area contributed by atoms with E-state index in [2.05, 4.69) is 12.1 Å². The van der Waals surface area contributed by atoms with Crippen LogP contribution in [0.3, 0.4) is 0 Å². The summed E-state index contributed by atoms with van der Waals surface area (Å²) < 4.78 is 0. The minimum Gasteiger partial charge on any atom is -0.481 e. The van der Waals surface area contributed by atoms with Gasteiger partial charge in [0.05, 0.1) is 0 Å². The van der Waals surface area contributed by atoms with Crippen LogP contribution in [0.15, 0.2) is 30.3 Å². The van der Waals surface area contributed by atoms with E-state index in [4.69, 9.17) is 5.11 Å². The van der Waals surface area contributed by atoms with E-state index in [1.54, 1.807) is 11.9 Å². The van der Waals surface area contributed by atoms with Gasteiger partial charge in [-0.15, -0.1) is 0 Å². The maximum atomic E-state index is 12.1. The van der Waals surface area contributed by atoms with Crippen LogP contribution in [-0.4, -0.2) is 35.5 Å². The lowest BCUT2D eigenvalue weighted by molar-refractivity contribution is -0.138. The van der Waals surface area contributed by atoms with E-state index in [-0.39, 0.29) is 18.2 Å². The first-order valence-electron chi connectivity index (χ1n) is 6.61. The second-order valence-electron chi connectivity index (χ2n) is 5.12. The van der Waals surface area contributed by atoms with Crippen LogP contribution in [0, 0.1) is 5.92 Å². The van der Waals surface area contributed by atoms with Crippen molar-refractivity contribution in [2.45, 2.75) is 25.2 Å². The number of rotatable bonds is 6. The van der Waals surface area contributed by atoms with E-state index in [1.807, 2.05) is 18.2 Å². The SMILES string of the molecule is CN(CCCC(=O)O)C(=O)C1CC1c1ccccc1. The zero-order valence-corrected chi connectivity index (χ0v) is 11.1. The normalized spacial score (nSPS) is 20.9. The van der Waals surface area contributed by atoms with E-state index in [9.17, 15) is 9.59 Å². The standard InChI is InChI=1S/C15H19NO3/c1-16(9-5-8-14(17)18)15(19)13-10-12(13)11-6-3-2-4-7-11/h2-4,6-7,12-13H,5,8-10H2,1H3,(H,17,18). The third-order valence-electron chi connectivity index (χ3n) is 3.60. The van der Waals surface area contributed by atoms with Gasteiger partial charge in [-0.3, -0.25) is 9.59 Å². The third kappa shape index (κ3) is 3.56. The molecule has 0 aliphatic heterocycles.